The molecule has 20 heavy (non-hydrogen) atoms. The molecule has 0 aliphatic carbocycles. The molecule has 0 atom stereocenters. The zero-order valence-corrected chi connectivity index (χ0v) is 12.0. The van der Waals surface area contributed by atoms with E-state index in [2.05, 4.69) is 24.1 Å². The van der Waals surface area contributed by atoms with E-state index in [0.29, 0.717) is 12.7 Å². The smallest absolute Gasteiger partial charge is 0.231 e. The Morgan fingerprint density at radius 3 is 2.70 bits per heavy atom. The van der Waals surface area contributed by atoms with Crippen LogP contribution in [-0.2, 0) is 0 Å². The first kappa shape index (κ1) is 13.0. The number of anilines is 1. The predicted molar refractivity (Wildman–Crippen MR) is 80.4 cm³/mol. The van der Waals surface area contributed by atoms with Crippen molar-refractivity contribution in [2.24, 2.45) is 5.92 Å². The number of rotatable bonds is 5. The SMILES string of the molecule is CCC(CC)CNc1nccc2cc3c(cc12)OCO3. The summed E-state index contributed by atoms with van der Waals surface area (Å²) in [5, 5.41) is 5.68. The van der Waals surface area contributed by atoms with Crippen LogP contribution in [-0.4, -0.2) is 18.3 Å². The summed E-state index contributed by atoms with van der Waals surface area (Å²) in [6.45, 7) is 5.71. The number of fused-ring (bicyclic) bond motifs is 2. The zero-order valence-electron chi connectivity index (χ0n) is 12.0. The summed E-state index contributed by atoms with van der Waals surface area (Å²) in [7, 11) is 0. The van der Waals surface area contributed by atoms with Crippen LogP contribution in [0.2, 0.25) is 0 Å². The minimum atomic E-state index is 0.301. The van der Waals surface area contributed by atoms with E-state index < -0.39 is 0 Å². The van der Waals surface area contributed by atoms with Gasteiger partial charge in [-0.25, -0.2) is 4.98 Å². The number of nitrogens with zero attached hydrogens (tertiary/aromatic N) is 1. The van der Waals surface area contributed by atoms with Crippen LogP contribution >= 0.6 is 0 Å². The Morgan fingerprint density at radius 1 is 1.20 bits per heavy atom. The summed E-state index contributed by atoms with van der Waals surface area (Å²) in [6.07, 6.45) is 4.20. The molecule has 1 aliphatic heterocycles. The lowest BCUT2D eigenvalue weighted by molar-refractivity contribution is 0.174. The number of ether oxygens (including phenoxy) is 2. The van der Waals surface area contributed by atoms with Crippen LogP contribution in [0.25, 0.3) is 10.8 Å². The second-order valence-electron chi connectivity index (χ2n) is 5.15. The highest BCUT2D eigenvalue weighted by Gasteiger charge is 2.16. The molecule has 106 valence electrons. The van der Waals surface area contributed by atoms with Crippen LogP contribution in [0.3, 0.4) is 0 Å². The van der Waals surface area contributed by atoms with Crippen LogP contribution < -0.4 is 14.8 Å². The fourth-order valence-corrected chi connectivity index (χ4v) is 2.52. The van der Waals surface area contributed by atoms with Gasteiger partial charge in [0.1, 0.15) is 5.82 Å². The van der Waals surface area contributed by atoms with Gasteiger partial charge in [0, 0.05) is 18.1 Å². The molecule has 4 nitrogen and oxygen atoms in total. The van der Waals surface area contributed by atoms with Crippen molar-refractivity contribution in [3.05, 3.63) is 24.4 Å². The van der Waals surface area contributed by atoms with Crippen LogP contribution in [0.5, 0.6) is 11.5 Å². The summed E-state index contributed by atoms with van der Waals surface area (Å²) in [5.41, 5.74) is 0. The van der Waals surface area contributed by atoms with Crippen molar-refractivity contribution >= 4 is 16.6 Å². The number of aromatic nitrogens is 1. The Hall–Kier alpha value is -1.97. The Balaban J connectivity index is 1.91. The van der Waals surface area contributed by atoms with Gasteiger partial charge in [-0.15, -0.1) is 0 Å². The highest BCUT2D eigenvalue weighted by Crippen LogP contribution is 2.37. The van der Waals surface area contributed by atoms with Gasteiger partial charge in [-0.1, -0.05) is 26.7 Å². The number of nitrogens with one attached hydrogen (secondary N) is 1. The number of benzene rings is 1. The molecule has 1 aliphatic rings. The lowest BCUT2D eigenvalue weighted by Gasteiger charge is -2.15. The van der Waals surface area contributed by atoms with Crippen molar-refractivity contribution in [3.8, 4) is 11.5 Å². The van der Waals surface area contributed by atoms with Gasteiger partial charge in [0.2, 0.25) is 6.79 Å². The fourth-order valence-electron chi connectivity index (χ4n) is 2.52. The molecule has 1 N–H and O–H groups in total. The number of hydrogen-bond donors (Lipinski definition) is 1. The van der Waals surface area contributed by atoms with E-state index in [1.54, 1.807) is 0 Å². The minimum absolute atomic E-state index is 0.301. The molecule has 1 aromatic heterocycles. The number of hydrogen-bond acceptors (Lipinski definition) is 4. The van der Waals surface area contributed by atoms with Gasteiger partial charge < -0.3 is 14.8 Å². The first-order valence-corrected chi connectivity index (χ1v) is 7.24. The van der Waals surface area contributed by atoms with Crippen LogP contribution in [0, 0.1) is 5.92 Å². The maximum atomic E-state index is 5.45. The minimum Gasteiger partial charge on any atom is -0.454 e. The van der Waals surface area contributed by atoms with Crippen molar-refractivity contribution in [2.75, 3.05) is 18.7 Å². The van der Waals surface area contributed by atoms with Crippen molar-refractivity contribution in [1.82, 2.24) is 4.98 Å². The molecule has 0 bridgehead atoms. The quantitative estimate of drug-likeness (QED) is 0.898. The highest BCUT2D eigenvalue weighted by molar-refractivity contribution is 5.94. The van der Waals surface area contributed by atoms with Crippen LogP contribution in [0.15, 0.2) is 24.4 Å². The Kier molecular flexibility index (Phi) is 3.63. The first-order valence-electron chi connectivity index (χ1n) is 7.24. The highest BCUT2D eigenvalue weighted by atomic mass is 16.7. The van der Waals surface area contributed by atoms with Gasteiger partial charge in [-0.05, 0) is 29.5 Å². The average molecular weight is 272 g/mol. The van der Waals surface area contributed by atoms with Crippen molar-refractivity contribution in [1.29, 1.82) is 0 Å². The summed E-state index contributed by atoms with van der Waals surface area (Å²) in [6, 6.07) is 6.03. The number of pyridine rings is 1. The maximum absolute atomic E-state index is 5.45. The van der Waals surface area contributed by atoms with E-state index in [9.17, 15) is 0 Å². The largest absolute Gasteiger partial charge is 0.454 e. The Labute approximate surface area is 119 Å². The average Bonchev–Trinajstić information content (AvgIpc) is 2.93. The third-order valence-electron chi connectivity index (χ3n) is 3.97. The van der Waals surface area contributed by atoms with Crippen LogP contribution in [0.1, 0.15) is 26.7 Å². The zero-order chi connectivity index (χ0) is 13.9. The lowest BCUT2D eigenvalue weighted by Crippen LogP contribution is -2.13. The van der Waals surface area contributed by atoms with Crippen LogP contribution in [0.4, 0.5) is 5.82 Å². The molecule has 0 spiro atoms. The Morgan fingerprint density at radius 2 is 1.95 bits per heavy atom. The molecule has 0 saturated carbocycles. The first-order chi connectivity index (χ1) is 9.81. The third kappa shape index (κ3) is 2.38. The van der Waals surface area contributed by atoms with Gasteiger partial charge in [0.05, 0.1) is 0 Å². The van der Waals surface area contributed by atoms with Crippen molar-refractivity contribution in [2.45, 2.75) is 26.7 Å². The van der Waals surface area contributed by atoms with Gasteiger partial charge in [-0.3, -0.25) is 0 Å². The molecule has 3 rings (SSSR count). The molecule has 0 saturated heterocycles. The van der Waals surface area contributed by atoms with E-state index in [-0.39, 0.29) is 0 Å². The maximum Gasteiger partial charge on any atom is 0.231 e. The van der Waals surface area contributed by atoms with Gasteiger partial charge >= 0.3 is 0 Å². The summed E-state index contributed by atoms with van der Waals surface area (Å²) in [4.78, 5) is 4.47. The fraction of sp³-hybridized carbons (Fsp3) is 0.438. The predicted octanol–water partition coefficient (Wildman–Crippen LogP) is 3.81. The molecule has 0 amide bonds. The Bertz CT molecular complexity index is 609. The monoisotopic (exact) mass is 272 g/mol. The molecular weight excluding hydrogens is 252 g/mol. The summed E-state index contributed by atoms with van der Waals surface area (Å²) in [5.74, 6) is 3.22. The van der Waals surface area contributed by atoms with E-state index in [4.69, 9.17) is 9.47 Å². The molecule has 2 heterocycles. The lowest BCUT2D eigenvalue weighted by atomic mass is 10.0. The summed E-state index contributed by atoms with van der Waals surface area (Å²) < 4.78 is 10.9. The standard InChI is InChI=1S/C16H20N2O2/c1-3-11(4-2)9-18-16-13-8-15-14(19-10-20-15)7-12(13)5-6-17-16/h5-8,11H,3-4,9-10H2,1-2H3,(H,17,18). The molecule has 0 fully saturated rings. The van der Waals surface area contributed by atoms with Gasteiger partial charge in [0.15, 0.2) is 11.5 Å². The van der Waals surface area contributed by atoms with E-state index in [1.807, 2.05) is 24.4 Å². The van der Waals surface area contributed by atoms with Gasteiger partial charge in [0.25, 0.3) is 0 Å². The molecule has 0 unspecified atom stereocenters. The summed E-state index contributed by atoms with van der Waals surface area (Å²) >= 11 is 0. The normalized spacial score (nSPS) is 13.2. The molecule has 2 aromatic rings. The van der Waals surface area contributed by atoms with E-state index >= 15 is 0 Å². The molecular formula is C16H20N2O2. The second kappa shape index (κ2) is 5.57. The molecule has 4 heteroatoms. The topological polar surface area (TPSA) is 43.4 Å². The van der Waals surface area contributed by atoms with E-state index in [0.717, 1.165) is 34.6 Å². The van der Waals surface area contributed by atoms with E-state index in [1.165, 1.54) is 12.8 Å². The van der Waals surface area contributed by atoms with Crippen molar-refractivity contribution in [3.63, 3.8) is 0 Å². The second-order valence-corrected chi connectivity index (χ2v) is 5.15. The van der Waals surface area contributed by atoms with Crippen molar-refractivity contribution < 1.29 is 9.47 Å². The van der Waals surface area contributed by atoms with Gasteiger partial charge in [-0.2, -0.15) is 0 Å². The molecule has 1 aromatic carbocycles. The third-order valence-corrected chi connectivity index (χ3v) is 3.97. The molecule has 0 radical (unpaired) electrons.